The van der Waals surface area contributed by atoms with Crippen molar-refractivity contribution in [2.75, 3.05) is 31.6 Å². The molecule has 1 fully saturated rings. The molecule has 6 nitrogen and oxygen atoms in total. The number of carbonyl (C=O) groups excluding carboxylic acids is 1. The van der Waals surface area contributed by atoms with Gasteiger partial charge in [0.05, 0.1) is 19.8 Å². The number of para-hydroxylation sites is 1. The van der Waals surface area contributed by atoms with Crippen molar-refractivity contribution in [1.82, 2.24) is 14.9 Å². The summed E-state index contributed by atoms with van der Waals surface area (Å²) < 4.78 is 5.38. The number of fused-ring (bicyclic) bond motifs is 3. The van der Waals surface area contributed by atoms with Gasteiger partial charge in [-0.15, -0.1) is 11.3 Å². The van der Waals surface area contributed by atoms with Crippen LogP contribution >= 0.6 is 11.3 Å². The largest absolute Gasteiger partial charge is 0.379 e. The molecular formula is C23H24N4O2S. The third kappa shape index (κ3) is 3.71. The Bertz CT molecular complexity index is 1210. The summed E-state index contributed by atoms with van der Waals surface area (Å²) in [5.41, 5.74) is 4.72. The highest BCUT2D eigenvalue weighted by molar-refractivity contribution is 7.09. The number of H-pyrrole nitrogens is 1. The Hall–Kier alpha value is -2.74. The lowest BCUT2D eigenvalue weighted by Gasteiger charge is -2.25. The average Bonchev–Trinajstić information content (AvgIpc) is 3.38. The summed E-state index contributed by atoms with van der Waals surface area (Å²) in [5, 5.41) is 8.17. The molecule has 7 heteroatoms. The molecular weight excluding hydrogens is 396 g/mol. The van der Waals surface area contributed by atoms with E-state index >= 15 is 0 Å². The Morgan fingerprint density at radius 2 is 2.10 bits per heavy atom. The highest BCUT2D eigenvalue weighted by atomic mass is 32.1. The molecule has 1 aliphatic heterocycles. The number of aromatic nitrogens is 2. The van der Waals surface area contributed by atoms with Crippen LogP contribution in [0.5, 0.6) is 0 Å². The van der Waals surface area contributed by atoms with Crippen molar-refractivity contribution in [2.24, 2.45) is 0 Å². The lowest BCUT2D eigenvalue weighted by atomic mass is 10.1. The number of hydrogen-bond donors (Lipinski definition) is 2. The van der Waals surface area contributed by atoms with Crippen LogP contribution in [0.3, 0.4) is 0 Å². The number of anilines is 1. The maximum atomic E-state index is 12.7. The standard InChI is InChI=1S/C23H24N4O2S/c1-2-15-4-3-5-18-17-7-6-16(12-19(17)26-22(15)18)24-23(28)20-14-30-21(25-20)13-27-8-10-29-11-9-27/h3-7,12,14,26H,2,8-11,13H2,1H3,(H,24,28). The third-order valence-electron chi connectivity index (χ3n) is 5.61. The van der Waals surface area contributed by atoms with E-state index in [1.54, 1.807) is 0 Å². The fraction of sp³-hybridized carbons (Fsp3) is 0.304. The first-order chi connectivity index (χ1) is 14.7. The van der Waals surface area contributed by atoms with E-state index in [-0.39, 0.29) is 5.91 Å². The van der Waals surface area contributed by atoms with E-state index in [0.717, 1.165) is 55.5 Å². The number of amides is 1. The maximum Gasteiger partial charge on any atom is 0.275 e. The number of morpholine rings is 1. The van der Waals surface area contributed by atoms with Crippen molar-refractivity contribution in [3.63, 3.8) is 0 Å². The van der Waals surface area contributed by atoms with Crippen LogP contribution in [-0.2, 0) is 17.7 Å². The van der Waals surface area contributed by atoms with Gasteiger partial charge >= 0.3 is 0 Å². The van der Waals surface area contributed by atoms with Crippen molar-refractivity contribution >= 4 is 44.7 Å². The van der Waals surface area contributed by atoms with Crippen LogP contribution in [0.4, 0.5) is 5.69 Å². The number of nitrogens with one attached hydrogen (secondary N) is 2. The third-order valence-corrected chi connectivity index (χ3v) is 6.44. The molecule has 1 aliphatic rings. The summed E-state index contributed by atoms with van der Waals surface area (Å²) in [7, 11) is 0. The highest BCUT2D eigenvalue weighted by Gasteiger charge is 2.16. The molecule has 0 spiro atoms. The predicted molar refractivity (Wildman–Crippen MR) is 121 cm³/mol. The van der Waals surface area contributed by atoms with E-state index in [0.29, 0.717) is 5.69 Å². The Labute approximate surface area is 178 Å². The van der Waals surface area contributed by atoms with E-state index in [2.05, 4.69) is 51.4 Å². The molecule has 4 aromatic rings. The number of rotatable bonds is 5. The van der Waals surface area contributed by atoms with Crippen LogP contribution in [0.25, 0.3) is 21.8 Å². The lowest BCUT2D eigenvalue weighted by Crippen LogP contribution is -2.35. The lowest BCUT2D eigenvalue weighted by molar-refractivity contribution is 0.0341. The van der Waals surface area contributed by atoms with Crippen molar-refractivity contribution in [2.45, 2.75) is 19.9 Å². The number of ether oxygens (including phenoxy) is 1. The van der Waals surface area contributed by atoms with Crippen molar-refractivity contribution < 1.29 is 9.53 Å². The summed E-state index contributed by atoms with van der Waals surface area (Å²) in [4.78, 5) is 23.1. The topological polar surface area (TPSA) is 70.2 Å². The van der Waals surface area contributed by atoms with Crippen LogP contribution in [0.2, 0.25) is 0 Å². The second-order valence-corrected chi connectivity index (χ2v) is 8.49. The first-order valence-corrected chi connectivity index (χ1v) is 11.2. The smallest absolute Gasteiger partial charge is 0.275 e. The monoisotopic (exact) mass is 420 g/mol. The molecule has 0 saturated carbocycles. The molecule has 0 radical (unpaired) electrons. The molecule has 0 unspecified atom stereocenters. The molecule has 5 rings (SSSR count). The van der Waals surface area contributed by atoms with Gasteiger partial charge in [0.15, 0.2) is 0 Å². The first kappa shape index (κ1) is 19.2. The van der Waals surface area contributed by atoms with Crippen LogP contribution in [0.15, 0.2) is 41.8 Å². The second kappa shape index (κ2) is 8.18. The normalized spacial score (nSPS) is 15.1. The highest BCUT2D eigenvalue weighted by Crippen LogP contribution is 2.30. The number of thiazole rings is 1. The van der Waals surface area contributed by atoms with Gasteiger partial charge in [-0.1, -0.05) is 31.2 Å². The van der Waals surface area contributed by atoms with Crippen molar-refractivity contribution in [1.29, 1.82) is 0 Å². The maximum absolute atomic E-state index is 12.7. The van der Waals surface area contributed by atoms with E-state index in [9.17, 15) is 4.79 Å². The SMILES string of the molecule is CCc1cccc2c1[nH]c1cc(NC(=O)c3csc(CN4CCOCC4)n3)ccc12. The predicted octanol–water partition coefficient (Wildman–Crippen LogP) is 4.42. The summed E-state index contributed by atoms with van der Waals surface area (Å²) in [6.07, 6.45) is 0.977. The molecule has 1 amide bonds. The Morgan fingerprint density at radius 1 is 1.23 bits per heavy atom. The zero-order valence-electron chi connectivity index (χ0n) is 16.9. The molecule has 0 atom stereocenters. The fourth-order valence-electron chi connectivity index (χ4n) is 4.00. The van der Waals surface area contributed by atoms with Gasteiger partial charge in [-0.25, -0.2) is 4.98 Å². The minimum atomic E-state index is -0.177. The molecule has 0 aliphatic carbocycles. The van der Waals surface area contributed by atoms with E-state index in [4.69, 9.17) is 4.74 Å². The van der Waals surface area contributed by atoms with Gasteiger partial charge in [-0.3, -0.25) is 9.69 Å². The van der Waals surface area contributed by atoms with Gasteiger partial charge in [-0.2, -0.15) is 0 Å². The molecule has 2 aromatic heterocycles. The molecule has 1 saturated heterocycles. The number of nitrogens with zero attached hydrogens (tertiary/aromatic N) is 2. The fourth-order valence-corrected chi connectivity index (χ4v) is 4.81. The Morgan fingerprint density at radius 3 is 2.93 bits per heavy atom. The molecule has 3 heterocycles. The second-order valence-electron chi connectivity index (χ2n) is 7.55. The van der Waals surface area contributed by atoms with Crippen molar-refractivity contribution in [3.8, 4) is 0 Å². The number of hydrogen-bond acceptors (Lipinski definition) is 5. The summed E-state index contributed by atoms with van der Waals surface area (Å²) in [6.45, 7) is 6.26. The van der Waals surface area contributed by atoms with Gasteiger partial charge in [0.25, 0.3) is 5.91 Å². The molecule has 30 heavy (non-hydrogen) atoms. The van der Waals surface area contributed by atoms with E-state index in [1.165, 1.54) is 33.2 Å². The van der Waals surface area contributed by atoms with Gasteiger partial charge in [0, 0.05) is 46.0 Å². The number of aromatic amines is 1. The minimum absolute atomic E-state index is 0.177. The van der Waals surface area contributed by atoms with Crippen LogP contribution in [0.1, 0.15) is 28.0 Å². The van der Waals surface area contributed by atoms with Crippen LogP contribution in [-0.4, -0.2) is 47.1 Å². The first-order valence-electron chi connectivity index (χ1n) is 10.3. The zero-order valence-corrected chi connectivity index (χ0v) is 17.7. The van der Waals surface area contributed by atoms with E-state index in [1.807, 2.05) is 17.5 Å². The number of carbonyl (C=O) groups is 1. The Kier molecular flexibility index (Phi) is 5.25. The minimum Gasteiger partial charge on any atom is -0.379 e. The van der Waals surface area contributed by atoms with Gasteiger partial charge in [0.2, 0.25) is 0 Å². The van der Waals surface area contributed by atoms with Gasteiger partial charge in [-0.05, 0) is 24.1 Å². The summed E-state index contributed by atoms with van der Waals surface area (Å²) in [5.74, 6) is -0.177. The molecule has 154 valence electrons. The Balaban J connectivity index is 1.34. The molecule has 0 bridgehead atoms. The van der Waals surface area contributed by atoms with Crippen LogP contribution < -0.4 is 5.32 Å². The molecule has 2 N–H and O–H groups in total. The van der Waals surface area contributed by atoms with Gasteiger partial charge in [0.1, 0.15) is 10.7 Å². The quantitative estimate of drug-likeness (QED) is 0.501. The number of aryl methyl sites for hydroxylation is 1. The van der Waals surface area contributed by atoms with Crippen molar-refractivity contribution in [3.05, 3.63) is 58.0 Å². The van der Waals surface area contributed by atoms with Crippen LogP contribution in [0, 0.1) is 0 Å². The van der Waals surface area contributed by atoms with Gasteiger partial charge < -0.3 is 15.0 Å². The zero-order chi connectivity index (χ0) is 20.5. The summed E-state index contributed by atoms with van der Waals surface area (Å²) in [6, 6.07) is 12.4. The summed E-state index contributed by atoms with van der Waals surface area (Å²) >= 11 is 1.53. The molecule has 2 aromatic carbocycles. The average molecular weight is 421 g/mol. The van der Waals surface area contributed by atoms with E-state index < -0.39 is 0 Å². The number of benzene rings is 2.